The van der Waals surface area contributed by atoms with Crippen molar-refractivity contribution in [3.63, 3.8) is 0 Å². The van der Waals surface area contributed by atoms with E-state index in [0.717, 1.165) is 57.6 Å². The van der Waals surface area contributed by atoms with Gasteiger partial charge in [-0.25, -0.2) is 19.6 Å². The lowest BCUT2D eigenvalue weighted by molar-refractivity contribution is 0.00503. The molecule has 0 radical (unpaired) electrons. The Hall–Kier alpha value is -4.60. The molecule has 0 bridgehead atoms. The minimum atomic E-state index is -0.225. The van der Waals surface area contributed by atoms with Crippen molar-refractivity contribution in [2.75, 3.05) is 38.2 Å². The van der Waals surface area contributed by atoms with Gasteiger partial charge in [0.2, 0.25) is 5.95 Å². The van der Waals surface area contributed by atoms with Gasteiger partial charge in [0.1, 0.15) is 30.1 Å². The number of anilines is 2. The van der Waals surface area contributed by atoms with E-state index in [-0.39, 0.29) is 12.1 Å². The van der Waals surface area contributed by atoms with Crippen LogP contribution in [0.15, 0.2) is 59.9 Å². The van der Waals surface area contributed by atoms with Crippen molar-refractivity contribution in [3.8, 4) is 22.9 Å². The minimum absolute atomic E-state index is 0.225. The van der Waals surface area contributed by atoms with Gasteiger partial charge < -0.3 is 23.9 Å². The topological polar surface area (TPSA) is 156 Å². The van der Waals surface area contributed by atoms with E-state index in [4.69, 9.17) is 40.3 Å². The fourth-order valence-electron chi connectivity index (χ4n) is 6.23. The van der Waals surface area contributed by atoms with E-state index < -0.39 is 0 Å². The second-order valence-corrected chi connectivity index (χ2v) is 12.4. The molecule has 0 unspecified atom stereocenters. The molecule has 1 atom stereocenters. The van der Waals surface area contributed by atoms with E-state index in [1.165, 1.54) is 0 Å². The number of halogens is 1. The van der Waals surface area contributed by atoms with Gasteiger partial charge in [-0.15, -0.1) is 10.2 Å². The molecule has 48 heavy (non-hydrogen) atoms. The van der Waals surface area contributed by atoms with Gasteiger partial charge in [-0.3, -0.25) is 9.58 Å². The summed E-state index contributed by atoms with van der Waals surface area (Å²) < 4.78 is 26.9. The number of hydrogen-bond donors (Lipinski definition) is 1. The summed E-state index contributed by atoms with van der Waals surface area (Å²) in [7, 11) is 0. The highest BCUT2D eigenvalue weighted by atomic mass is 35.5. The fraction of sp³-hybridized carbons (Fsp3) is 0.469. The van der Waals surface area contributed by atoms with Crippen LogP contribution in [0.1, 0.15) is 44.5 Å². The van der Waals surface area contributed by atoms with Crippen LogP contribution in [0.25, 0.3) is 11.3 Å². The standard InChI is InChI=1S/C32H38ClN11O4/c1-22(19-43-21-36-40-41-43)48-29-18-23(2-7-26(29)33)27-8-10-35-32(37-27)38-28-20-44(39-31(28)47-14-9-30-34-11-15-46-30)25-5-3-24(4-6-25)42-12-16-45-17-13-42/h2,7-8,10-11,15,18,20-22,24-25H,3-6,9,12-14,16-17,19H2,1H3,(H,35,37,38)/t22-,24?,25?/m0/s1. The molecular formula is C32H38ClN11O4. The molecule has 2 fully saturated rings. The summed E-state index contributed by atoms with van der Waals surface area (Å²) in [5.74, 6) is 2.03. The zero-order chi connectivity index (χ0) is 32.7. The molecule has 7 rings (SSSR count). The van der Waals surface area contributed by atoms with Gasteiger partial charge in [0, 0.05) is 30.9 Å². The predicted octanol–water partition coefficient (Wildman–Crippen LogP) is 4.62. The van der Waals surface area contributed by atoms with Crippen LogP contribution < -0.4 is 14.8 Å². The Morgan fingerprint density at radius 3 is 2.71 bits per heavy atom. The van der Waals surface area contributed by atoms with Crippen LogP contribution in [-0.4, -0.2) is 94.9 Å². The van der Waals surface area contributed by atoms with Gasteiger partial charge in [-0.05, 0) is 61.2 Å². The average Bonchev–Trinajstić information content (AvgIpc) is 3.91. The lowest BCUT2D eigenvalue weighted by atomic mass is 9.90. The lowest BCUT2D eigenvalue weighted by Crippen LogP contribution is -2.45. The predicted molar refractivity (Wildman–Crippen MR) is 175 cm³/mol. The summed E-state index contributed by atoms with van der Waals surface area (Å²) in [6.45, 7) is 6.42. The molecule has 0 amide bonds. The number of oxazole rings is 1. The maximum absolute atomic E-state index is 6.50. The third-order valence-corrected chi connectivity index (χ3v) is 8.94. The molecule has 4 aromatic heterocycles. The fourth-order valence-corrected chi connectivity index (χ4v) is 6.39. The molecule has 1 N–H and O–H groups in total. The highest BCUT2D eigenvalue weighted by Gasteiger charge is 2.29. The summed E-state index contributed by atoms with van der Waals surface area (Å²) in [5.41, 5.74) is 2.21. The second kappa shape index (κ2) is 15.1. The quantitative estimate of drug-likeness (QED) is 0.185. The van der Waals surface area contributed by atoms with Gasteiger partial charge in [-0.1, -0.05) is 17.7 Å². The molecule has 1 aliphatic carbocycles. The number of nitrogens with one attached hydrogen (secondary N) is 1. The SMILES string of the molecule is C[C@@H](Cn1cnnn1)Oc1cc(-c2ccnc(Nc3cn(C4CCC(N5CCOCC5)CC4)nc3OCCc3ncco3)n2)ccc1Cl. The number of ether oxygens (including phenoxy) is 3. The van der Waals surface area contributed by atoms with Gasteiger partial charge in [0.05, 0.1) is 61.9 Å². The lowest BCUT2D eigenvalue weighted by Gasteiger charge is -2.38. The highest BCUT2D eigenvalue weighted by molar-refractivity contribution is 6.32. The van der Waals surface area contributed by atoms with Crippen molar-refractivity contribution in [3.05, 3.63) is 66.4 Å². The zero-order valence-electron chi connectivity index (χ0n) is 26.7. The molecule has 252 valence electrons. The van der Waals surface area contributed by atoms with Crippen LogP contribution >= 0.6 is 11.6 Å². The molecule has 0 spiro atoms. The first-order chi connectivity index (χ1) is 23.6. The number of benzene rings is 1. The Balaban J connectivity index is 1.06. The number of nitrogens with zero attached hydrogens (tertiary/aromatic N) is 10. The van der Waals surface area contributed by atoms with E-state index in [9.17, 15) is 0 Å². The summed E-state index contributed by atoms with van der Waals surface area (Å²) >= 11 is 6.50. The Bertz CT molecular complexity index is 1740. The molecule has 16 heteroatoms. The van der Waals surface area contributed by atoms with E-state index >= 15 is 0 Å². The number of hydrogen-bond acceptors (Lipinski definition) is 13. The summed E-state index contributed by atoms with van der Waals surface area (Å²) in [6.07, 6.45) is 13.1. The Morgan fingerprint density at radius 2 is 1.92 bits per heavy atom. The average molecular weight is 676 g/mol. The number of tetrazole rings is 1. The van der Waals surface area contributed by atoms with E-state index in [2.05, 4.69) is 35.7 Å². The monoisotopic (exact) mass is 675 g/mol. The van der Waals surface area contributed by atoms with Crippen molar-refractivity contribution in [2.45, 2.75) is 63.8 Å². The van der Waals surface area contributed by atoms with E-state index in [1.807, 2.05) is 36.0 Å². The normalized spacial score (nSPS) is 19.2. The summed E-state index contributed by atoms with van der Waals surface area (Å²) in [4.78, 5) is 16.1. The van der Waals surface area contributed by atoms with Crippen molar-refractivity contribution in [1.82, 2.24) is 49.8 Å². The Morgan fingerprint density at radius 1 is 1.06 bits per heavy atom. The van der Waals surface area contributed by atoms with Crippen molar-refractivity contribution < 1.29 is 18.6 Å². The van der Waals surface area contributed by atoms with Gasteiger partial charge >= 0.3 is 0 Å². The van der Waals surface area contributed by atoms with Crippen LogP contribution in [0.3, 0.4) is 0 Å². The number of morpholine rings is 1. The molecule has 5 heterocycles. The molecule has 1 saturated heterocycles. The van der Waals surface area contributed by atoms with Crippen LogP contribution in [0.4, 0.5) is 11.6 Å². The summed E-state index contributed by atoms with van der Waals surface area (Å²) in [6, 6.07) is 8.27. The molecule has 1 aromatic carbocycles. The third kappa shape index (κ3) is 7.91. The van der Waals surface area contributed by atoms with Crippen molar-refractivity contribution in [1.29, 1.82) is 0 Å². The number of rotatable bonds is 13. The first kappa shape index (κ1) is 32.0. The van der Waals surface area contributed by atoms with E-state index in [1.54, 1.807) is 35.7 Å². The largest absolute Gasteiger partial charge is 0.487 e. The maximum Gasteiger partial charge on any atom is 0.256 e. The first-order valence-electron chi connectivity index (χ1n) is 16.3. The molecule has 1 aliphatic heterocycles. The molecular weight excluding hydrogens is 638 g/mol. The Kier molecular flexibility index (Phi) is 10.1. The van der Waals surface area contributed by atoms with Gasteiger partial charge in [-0.2, -0.15) is 0 Å². The molecule has 15 nitrogen and oxygen atoms in total. The Labute approximate surface area is 282 Å². The first-order valence-corrected chi connectivity index (χ1v) is 16.6. The van der Waals surface area contributed by atoms with Crippen molar-refractivity contribution in [2.24, 2.45) is 0 Å². The minimum Gasteiger partial charge on any atom is -0.487 e. The van der Waals surface area contributed by atoms with Gasteiger partial charge in [0.15, 0.2) is 5.89 Å². The maximum atomic E-state index is 6.50. The van der Waals surface area contributed by atoms with E-state index in [0.29, 0.717) is 65.5 Å². The van der Waals surface area contributed by atoms with Crippen LogP contribution in [0, 0.1) is 0 Å². The molecule has 5 aromatic rings. The van der Waals surface area contributed by atoms with Crippen LogP contribution in [0.5, 0.6) is 11.6 Å². The van der Waals surface area contributed by atoms with Crippen LogP contribution in [0.2, 0.25) is 5.02 Å². The van der Waals surface area contributed by atoms with Crippen LogP contribution in [-0.2, 0) is 17.7 Å². The number of aromatic nitrogens is 9. The third-order valence-electron chi connectivity index (χ3n) is 8.63. The molecule has 2 aliphatic rings. The summed E-state index contributed by atoms with van der Waals surface area (Å²) in [5, 5.41) is 20.0. The zero-order valence-corrected chi connectivity index (χ0v) is 27.4. The van der Waals surface area contributed by atoms with Crippen molar-refractivity contribution >= 4 is 23.2 Å². The van der Waals surface area contributed by atoms with Gasteiger partial charge in [0.25, 0.3) is 5.88 Å². The smallest absolute Gasteiger partial charge is 0.256 e. The second-order valence-electron chi connectivity index (χ2n) is 12.0. The highest BCUT2D eigenvalue weighted by Crippen LogP contribution is 2.35. The molecule has 1 saturated carbocycles.